The van der Waals surface area contributed by atoms with E-state index in [1.807, 2.05) is 25.1 Å². The van der Waals surface area contributed by atoms with Gasteiger partial charge in [-0.25, -0.2) is 18.0 Å². The summed E-state index contributed by atoms with van der Waals surface area (Å²) in [6, 6.07) is 16.6. The fraction of sp³-hybridized carbons (Fsp3) is 0.312. The number of nitrogens with zero attached hydrogens (tertiary/aromatic N) is 2. The molecule has 0 amide bonds. The zero-order valence-electron chi connectivity index (χ0n) is 26.5. The first-order valence-corrected chi connectivity index (χ1v) is 16.2. The molecule has 0 unspecified atom stereocenters. The van der Waals surface area contributed by atoms with Crippen LogP contribution in [0, 0.1) is 0 Å². The van der Waals surface area contributed by atoms with Crippen molar-refractivity contribution in [3.05, 3.63) is 83.3 Å². The number of aromatic nitrogens is 2. The van der Waals surface area contributed by atoms with Crippen molar-refractivity contribution in [2.75, 3.05) is 24.5 Å². The second-order valence-corrected chi connectivity index (χ2v) is 11.9. The van der Waals surface area contributed by atoms with Gasteiger partial charge in [0.15, 0.2) is 5.75 Å². The number of alkyl halides is 3. The smallest absolute Gasteiger partial charge is 0.490 e. The third kappa shape index (κ3) is 10.3. The van der Waals surface area contributed by atoms with Crippen LogP contribution in [0.2, 0.25) is 0 Å². The molecule has 0 aliphatic heterocycles. The molecule has 0 saturated heterocycles. The van der Waals surface area contributed by atoms with Crippen molar-refractivity contribution in [2.45, 2.75) is 37.3 Å². The Bertz CT molecular complexity index is 1900. The normalized spacial score (nSPS) is 11.6. The molecule has 0 bridgehead atoms. The molecule has 0 radical (unpaired) electrons. The molecule has 16 heteroatoms. The SMILES string of the molecule is CCCOc1cccc(Oc2cc3c(cc2NS(=O)(=O)c2cccc(OC/C=C/CCCN)c2)n(C)c(=O)n3C)c1.O=C(O)C(F)(F)F. The number of sulfonamides is 1. The minimum atomic E-state index is -5.08. The highest BCUT2D eigenvalue weighted by atomic mass is 32.2. The van der Waals surface area contributed by atoms with Gasteiger partial charge >= 0.3 is 17.8 Å². The van der Waals surface area contributed by atoms with E-state index in [4.69, 9.17) is 29.8 Å². The van der Waals surface area contributed by atoms with Crippen molar-refractivity contribution in [2.24, 2.45) is 19.8 Å². The van der Waals surface area contributed by atoms with Crippen LogP contribution in [0.1, 0.15) is 26.2 Å². The lowest BCUT2D eigenvalue weighted by Crippen LogP contribution is -2.21. The average Bonchev–Trinajstić information content (AvgIpc) is 3.24. The molecule has 4 aromatic rings. The molecule has 0 spiro atoms. The number of hydrogen-bond donors (Lipinski definition) is 3. The van der Waals surface area contributed by atoms with E-state index in [1.54, 1.807) is 56.6 Å². The summed E-state index contributed by atoms with van der Waals surface area (Å²) < 4.78 is 82.0. The van der Waals surface area contributed by atoms with E-state index in [-0.39, 0.29) is 22.0 Å². The summed E-state index contributed by atoms with van der Waals surface area (Å²) in [6.07, 6.45) is 1.38. The second-order valence-electron chi connectivity index (χ2n) is 10.3. The van der Waals surface area contributed by atoms with Crippen molar-refractivity contribution in [3.63, 3.8) is 0 Å². The monoisotopic (exact) mass is 694 g/mol. The Morgan fingerprint density at radius 3 is 2.19 bits per heavy atom. The summed E-state index contributed by atoms with van der Waals surface area (Å²) in [5.41, 5.74) is 6.56. The predicted molar refractivity (Wildman–Crippen MR) is 174 cm³/mol. The van der Waals surface area contributed by atoms with Crippen LogP contribution in [-0.2, 0) is 28.9 Å². The predicted octanol–water partition coefficient (Wildman–Crippen LogP) is 5.57. The topological polar surface area (TPSA) is 164 Å². The van der Waals surface area contributed by atoms with E-state index in [9.17, 15) is 26.4 Å². The molecule has 0 aliphatic rings. The van der Waals surface area contributed by atoms with Crippen LogP contribution < -0.4 is 30.4 Å². The summed E-state index contributed by atoms with van der Waals surface area (Å²) in [4.78, 5) is 21.5. The highest BCUT2D eigenvalue weighted by molar-refractivity contribution is 7.92. The number of imidazole rings is 1. The summed E-state index contributed by atoms with van der Waals surface area (Å²) in [5, 5.41) is 7.12. The van der Waals surface area contributed by atoms with Crippen LogP contribution in [-0.4, -0.2) is 54.6 Å². The maximum Gasteiger partial charge on any atom is 0.490 e. The van der Waals surface area contributed by atoms with Gasteiger partial charge in [0, 0.05) is 32.3 Å². The number of hydrogen-bond acceptors (Lipinski definition) is 8. The largest absolute Gasteiger partial charge is 0.493 e. The minimum absolute atomic E-state index is 0.0186. The van der Waals surface area contributed by atoms with Gasteiger partial charge in [-0.2, -0.15) is 13.2 Å². The number of allylic oxidation sites excluding steroid dienone is 1. The zero-order valence-corrected chi connectivity index (χ0v) is 27.3. The van der Waals surface area contributed by atoms with Crippen LogP contribution in [0.3, 0.4) is 0 Å². The number of benzene rings is 3. The third-order valence-corrected chi connectivity index (χ3v) is 7.93. The quantitative estimate of drug-likeness (QED) is 0.113. The molecular formula is C32H37F3N4O8S. The Labute approximate surface area is 275 Å². The van der Waals surface area contributed by atoms with Crippen molar-refractivity contribution in [1.82, 2.24) is 9.13 Å². The molecule has 0 aliphatic carbocycles. The van der Waals surface area contributed by atoms with Gasteiger partial charge in [-0.1, -0.05) is 31.2 Å². The van der Waals surface area contributed by atoms with Crippen LogP contribution in [0.4, 0.5) is 18.9 Å². The van der Waals surface area contributed by atoms with Crippen LogP contribution in [0.25, 0.3) is 11.0 Å². The first kappa shape index (κ1) is 37.5. The molecule has 3 aromatic carbocycles. The lowest BCUT2D eigenvalue weighted by atomic mass is 10.2. The molecule has 4 N–H and O–H groups in total. The van der Waals surface area contributed by atoms with Crippen molar-refractivity contribution in [1.29, 1.82) is 0 Å². The number of nitrogens with two attached hydrogens (primary N) is 1. The van der Waals surface area contributed by atoms with Crippen molar-refractivity contribution >= 4 is 32.7 Å². The molecule has 48 heavy (non-hydrogen) atoms. The molecule has 4 rings (SSSR count). The van der Waals surface area contributed by atoms with Gasteiger partial charge in [-0.3, -0.25) is 13.9 Å². The van der Waals surface area contributed by atoms with Gasteiger partial charge in [0.25, 0.3) is 10.0 Å². The number of carbonyl (C=O) groups is 1. The number of aliphatic carboxylic acids is 1. The second kappa shape index (κ2) is 16.7. The van der Waals surface area contributed by atoms with Gasteiger partial charge in [0.1, 0.15) is 23.9 Å². The van der Waals surface area contributed by atoms with Crippen LogP contribution >= 0.6 is 0 Å². The Morgan fingerprint density at radius 1 is 0.958 bits per heavy atom. The molecular weight excluding hydrogens is 657 g/mol. The molecule has 0 atom stereocenters. The van der Waals surface area contributed by atoms with E-state index in [0.717, 1.165) is 19.3 Å². The van der Waals surface area contributed by atoms with Gasteiger partial charge < -0.3 is 25.1 Å². The van der Waals surface area contributed by atoms with Gasteiger partial charge in [-0.15, -0.1) is 0 Å². The maximum absolute atomic E-state index is 13.5. The van der Waals surface area contributed by atoms with Crippen molar-refractivity contribution in [3.8, 4) is 23.0 Å². The van der Waals surface area contributed by atoms with Crippen molar-refractivity contribution < 1.29 is 45.7 Å². The lowest BCUT2D eigenvalue weighted by Gasteiger charge is -2.15. The van der Waals surface area contributed by atoms with E-state index < -0.39 is 22.2 Å². The average molecular weight is 695 g/mol. The minimum Gasteiger partial charge on any atom is -0.493 e. The van der Waals surface area contributed by atoms with E-state index >= 15 is 0 Å². The molecule has 12 nitrogen and oxygen atoms in total. The molecule has 1 aromatic heterocycles. The Morgan fingerprint density at radius 2 is 1.56 bits per heavy atom. The first-order chi connectivity index (χ1) is 22.7. The van der Waals surface area contributed by atoms with Gasteiger partial charge in [-0.05, 0) is 56.1 Å². The number of anilines is 1. The molecule has 0 saturated carbocycles. The zero-order chi connectivity index (χ0) is 35.5. The number of carboxylic acids is 1. The summed E-state index contributed by atoms with van der Waals surface area (Å²) in [5.74, 6) is -1.03. The molecule has 1 heterocycles. The Balaban J connectivity index is 0.000000804. The first-order valence-electron chi connectivity index (χ1n) is 14.7. The number of ether oxygens (including phenoxy) is 3. The number of fused-ring (bicyclic) bond motifs is 1. The van der Waals surface area contributed by atoms with Gasteiger partial charge in [0.2, 0.25) is 0 Å². The number of carboxylic acid groups (broad SMARTS) is 1. The Kier molecular flexibility index (Phi) is 13.1. The Hall–Kier alpha value is -4.96. The summed E-state index contributed by atoms with van der Waals surface area (Å²) in [6.45, 7) is 3.50. The van der Waals surface area contributed by atoms with E-state index in [1.165, 1.54) is 21.3 Å². The fourth-order valence-electron chi connectivity index (χ4n) is 4.17. The number of halogens is 3. The van der Waals surface area contributed by atoms with Crippen LogP contribution in [0.15, 0.2) is 82.5 Å². The molecule has 260 valence electrons. The number of unbranched alkanes of at least 4 members (excludes halogenated alkanes) is 1. The van der Waals surface area contributed by atoms with E-state index in [0.29, 0.717) is 48.0 Å². The summed E-state index contributed by atoms with van der Waals surface area (Å²) >= 11 is 0. The van der Waals surface area contributed by atoms with Gasteiger partial charge in [0.05, 0.1) is 28.2 Å². The van der Waals surface area contributed by atoms with E-state index in [2.05, 4.69) is 4.72 Å². The number of aryl methyl sites for hydroxylation is 2. The maximum atomic E-state index is 13.5. The highest BCUT2D eigenvalue weighted by Gasteiger charge is 2.38. The number of rotatable bonds is 14. The lowest BCUT2D eigenvalue weighted by molar-refractivity contribution is -0.192. The standard InChI is InChI=1S/C30H36N4O6S.C2HF3O2/c1-4-16-38-22-11-9-13-24(18-22)40-29-21-28-27(33(2)30(35)34(28)3)20-26(29)32-41(36,37)25-14-10-12-23(19-25)39-17-8-6-5-7-15-31;3-2(4,5)1(6)7/h6,8-14,18-21,32H,4-5,7,15-17,31H2,1-3H3;(H,6,7)/b8-6+;. The highest BCUT2D eigenvalue weighted by Crippen LogP contribution is 2.36. The third-order valence-electron chi connectivity index (χ3n) is 6.57. The number of nitrogens with one attached hydrogen (secondary N) is 1. The molecule has 0 fully saturated rings. The summed E-state index contributed by atoms with van der Waals surface area (Å²) in [7, 11) is -0.781. The van der Waals surface area contributed by atoms with Crippen LogP contribution in [0.5, 0.6) is 23.0 Å². The fourth-order valence-corrected chi connectivity index (χ4v) is 5.26.